The lowest BCUT2D eigenvalue weighted by molar-refractivity contribution is -0.00000309. The van der Waals surface area contributed by atoms with Gasteiger partial charge in [0, 0.05) is 12.5 Å². The second-order valence-corrected chi connectivity index (χ2v) is 4.34. The van der Waals surface area contributed by atoms with Crippen molar-refractivity contribution in [1.82, 2.24) is 5.32 Å². The third kappa shape index (κ3) is 1.94. The molecule has 0 bridgehead atoms. The zero-order chi connectivity index (χ0) is 10.1. The summed E-state index contributed by atoms with van der Waals surface area (Å²) < 4.78 is 0. The van der Waals surface area contributed by atoms with Gasteiger partial charge >= 0.3 is 1.43 Å². The summed E-state index contributed by atoms with van der Waals surface area (Å²) >= 11 is 0. The van der Waals surface area contributed by atoms with E-state index in [1.807, 2.05) is 0 Å². The second-order valence-electron chi connectivity index (χ2n) is 4.34. The van der Waals surface area contributed by atoms with Crippen molar-refractivity contribution in [3.8, 4) is 0 Å². The predicted octanol–water partition coefficient (Wildman–Crippen LogP) is -0.775. The summed E-state index contributed by atoms with van der Waals surface area (Å²) in [4.78, 5) is 4.56. The van der Waals surface area contributed by atoms with Gasteiger partial charge in [-0.25, -0.2) is 0 Å². The molecular weight excluding hydrogens is 220 g/mol. The maximum absolute atomic E-state index is 4.56. The predicted molar refractivity (Wildman–Crippen MR) is 63.5 cm³/mol. The van der Waals surface area contributed by atoms with Crippen molar-refractivity contribution in [2.75, 3.05) is 13.1 Å². The molecule has 1 aromatic carbocycles. The number of hydrogen-bond donors (Lipinski definition) is 1. The number of halogens is 1. The molecule has 1 unspecified atom stereocenters. The third-order valence-corrected chi connectivity index (χ3v) is 3.40. The zero-order valence-corrected chi connectivity index (χ0v) is 10.0. The minimum Gasteiger partial charge on any atom is -1.00 e. The van der Waals surface area contributed by atoms with Crippen molar-refractivity contribution in [3.05, 3.63) is 35.4 Å². The second kappa shape index (κ2) is 4.88. The van der Waals surface area contributed by atoms with Gasteiger partial charge in [0.2, 0.25) is 0 Å². The Morgan fingerprint density at radius 1 is 1.31 bits per heavy atom. The molecule has 16 heavy (non-hydrogen) atoms. The van der Waals surface area contributed by atoms with Crippen molar-refractivity contribution in [3.63, 3.8) is 0 Å². The van der Waals surface area contributed by atoms with Crippen LogP contribution in [-0.4, -0.2) is 18.9 Å². The van der Waals surface area contributed by atoms with E-state index in [1.54, 1.807) is 0 Å². The topological polar surface area (TPSA) is 24.4 Å². The summed E-state index contributed by atoms with van der Waals surface area (Å²) in [5.41, 5.74) is 3.02. The fourth-order valence-electron chi connectivity index (χ4n) is 2.69. The Kier molecular flexibility index (Phi) is 3.49. The molecule has 2 aliphatic rings. The van der Waals surface area contributed by atoms with Gasteiger partial charge in [0.25, 0.3) is 0 Å². The average molecular weight is 237 g/mol. The van der Waals surface area contributed by atoms with Gasteiger partial charge in [0.05, 0.1) is 6.54 Å². The summed E-state index contributed by atoms with van der Waals surface area (Å²) in [7, 11) is 0. The van der Waals surface area contributed by atoms with Crippen LogP contribution in [-0.2, 0) is 6.42 Å². The zero-order valence-electron chi connectivity index (χ0n) is 10.2. The van der Waals surface area contributed by atoms with E-state index >= 15 is 0 Å². The van der Waals surface area contributed by atoms with Gasteiger partial charge in [-0.3, -0.25) is 4.99 Å². The van der Waals surface area contributed by atoms with Crippen molar-refractivity contribution < 1.29 is 13.8 Å². The number of benzene rings is 1. The molecule has 2 nitrogen and oxygen atoms in total. The maximum Gasteiger partial charge on any atom is 1.00 e. The van der Waals surface area contributed by atoms with E-state index in [0.29, 0.717) is 5.92 Å². The largest absolute Gasteiger partial charge is 1.00 e. The lowest BCUT2D eigenvalue weighted by Gasteiger charge is -2.25. The van der Waals surface area contributed by atoms with Gasteiger partial charge < -0.3 is 17.7 Å². The Morgan fingerprint density at radius 3 is 3.00 bits per heavy atom. The molecule has 1 aliphatic heterocycles. The minimum absolute atomic E-state index is 0. The van der Waals surface area contributed by atoms with E-state index in [0.717, 1.165) is 13.1 Å². The normalized spacial score (nSPS) is 22.8. The minimum atomic E-state index is 0. The van der Waals surface area contributed by atoms with Gasteiger partial charge in [-0.2, -0.15) is 0 Å². The molecule has 0 saturated carbocycles. The summed E-state index contributed by atoms with van der Waals surface area (Å²) in [6.45, 7) is 1.97. The van der Waals surface area contributed by atoms with Gasteiger partial charge in [-0.15, -0.1) is 0 Å². The van der Waals surface area contributed by atoms with Crippen LogP contribution in [0.3, 0.4) is 0 Å². The highest BCUT2D eigenvalue weighted by Gasteiger charge is 2.25. The first-order valence-corrected chi connectivity index (χ1v) is 5.81. The van der Waals surface area contributed by atoms with E-state index < -0.39 is 0 Å². The van der Waals surface area contributed by atoms with Crippen LogP contribution < -0.4 is 17.7 Å². The Morgan fingerprint density at radius 2 is 2.19 bits per heavy atom. The van der Waals surface area contributed by atoms with E-state index in [9.17, 15) is 0 Å². The van der Waals surface area contributed by atoms with Crippen LogP contribution in [0.15, 0.2) is 29.3 Å². The summed E-state index contributed by atoms with van der Waals surface area (Å²) in [5, 5.41) is 3.42. The molecule has 1 N–H and O–H groups in total. The SMILES string of the molecule is [Cl-].[H+].c1ccc2c(c1)CCCC2C1=NCCN1. The lowest BCUT2D eigenvalue weighted by atomic mass is 9.82. The van der Waals surface area contributed by atoms with Gasteiger partial charge in [-0.05, 0) is 30.4 Å². The monoisotopic (exact) mass is 236 g/mol. The first-order chi connectivity index (χ1) is 7.45. The fourth-order valence-corrected chi connectivity index (χ4v) is 2.69. The Bertz CT molecular complexity index is 406. The average Bonchev–Trinajstić information content (AvgIpc) is 2.82. The van der Waals surface area contributed by atoms with E-state index in [1.165, 1.54) is 36.2 Å². The number of aryl methyl sites for hydroxylation is 1. The third-order valence-electron chi connectivity index (χ3n) is 3.40. The molecule has 0 radical (unpaired) electrons. The number of rotatable bonds is 1. The molecule has 3 heteroatoms. The molecule has 0 aromatic heterocycles. The first kappa shape index (κ1) is 11.5. The van der Waals surface area contributed by atoms with E-state index in [-0.39, 0.29) is 13.8 Å². The smallest absolute Gasteiger partial charge is 1.00 e. The van der Waals surface area contributed by atoms with E-state index in [2.05, 4.69) is 34.6 Å². The summed E-state index contributed by atoms with van der Waals surface area (Å²) in [6, 6.07) is 8.82. The summed E-state index contributed by atoms with van der Waals surface area (Å²) in [5.74, 6) is 1.76. The number of nitrogens with one attached hydrogen (secondary N) is 1. The first-order valence-electron chi connectivity index (χ1n) is 5.81. The highest BCUT2D eigenvalue weighted by Crippen LogP contribution is 2.32. The highest BCUT2D eigenvalue weighted by atomic mass is 35.5. The van der Waals surface area contributed by atoms with Gasteiger partial charge in [0.1, 0.15) is 5.84 Å². The van der Waals surface area contributed by atoms with Crippen molar-refractivity contribution in [2.24, 2.45) is 4.99 Å². The standard InChI is InChI=1S/C13H16N2.ClH/c1-2-6-11-10(4-1)5-3-7-12(11)13-14-8-9-15-13;/h1-2,4,6,12H,3,5,7-9H2,(H,14,15);1H. The van der Waals surface area contributed by atoms with Crippen molar-refractivity contribution in [1.29, 1.82) is 0 Å². The molecule has 0 saturated heterocycles. The molecule has 86 valence electrons. The fraction of sp³-hybridized carbons (Fsp3) is 0.462. The highest BCUT2D eigenvalue weighted by molar-refractivity contribution is 5.90. The lowest BCUT2D eigenvalue weighted by Crippen LogP contribution is -3.00. The molecule has 3 rings (SSSR count). The Labute approximate surface area is 104 Å². The van der Waals surface area contributed by atoms with Crippen LogP contribution in [0.4, 0.5) is 0 Å². The van der Waals surface area contributed by atoms with Crippen LogP contribution in [0.25, 0.3) is 0 Å². The van der Waals surface area contributed by atoms with Crippen LogP contribution in [0, 0.1) is 0 Å². The van der Waals surface area contributed by atoms with Gasteiger partial charge in [-0.1, -0.05) is 24.3 Å². The van der Waals surface area contributed by atoms with Crippen molar-refractivity contribution in [2.45, 2.75) is 25.2 Å². The van der Waals surface area contributed by atoms with Crippen LogP contribution in [0.1, 0.15) is 31.3 Å². The molecule has 1 heterocycles. The van der Waals surface area contributed by atoms with Crippen LogP contribution in [0.2, 0.25) is 0 Å². The van der Waals surface area contributed by atoms with Crippen molar-refractivity contribution >= 4 is 5.84 Å². The molecule has 1 atom stereocenters. The van der Waals surface area contributed by atoms with Crippen LogP contribution in [0.5, 0.6) is 0 Å². The number of hydrogen-bond acceptors (Lipinski definition) is 2. The molecule has 0 fully saturated rings. The maximum atomic E-state index is 4.56. The molecular formula is C13H17ClN2. The Hall–Kier alpha value is -1.02. The summed E-state index contributed by atoms with van der Waals surface area (Å²) in [6.07, 6.45) is 3.78. The number of aliphatic imine (C=N–C) groups is 1. The van der Waals surface area contributed by atoms with Crippen LogP contribution >= 0.6 is 0 Å². The number of nitrogens with zero attached hydrogens (tertiary/aromatic N) is 1. The quantitative estimate of drug-likeness (QED) is 0.680. The number of amidine groups is 1. The number of fused-ring (bicyclic) bond motifs is 1. The van der Waals surface area contributed by atoms with E-state index in [4.69, 9.17) is 0 Å². The molecule has 0 amide bonds. The Balaban J connectivity index is 0.000000722. The molecule has 1 aromatic rings. The molecule has 0 spiro atoms. The van der Waals surface area contributed by atoms with Gasteiger partial charge in [0.15, 0.2) is 0 Å². The molecule has 1 aliphatic carbocycles.